The molecule has 0 aromatic heterocycles. The third-order valence-electron chi connectivity index (χ3n) is 5.69. The first-order valence-electron chi connectivity index (χ1n) is 10.4. The Balaban J connectivity index is 1.72. The van der Waals surface area contributed by atoms with Gasteiger partial charge in [-0.05, 0) is 43.0 Å². The Morgan fingerprint density at radius 1 is 1.03 bits per heavy atom. The molecule has 0 aliphatic carbocycles. The number of primary amides is 2. The predicted octanol–water partition coefficient (Wildman–Crippen LogP) is 2.43. The van der Waals surface area contributed by atoms with Crippen LogP contribution in [0, 0.1) is 12.8 Å². The molecule has 4 amide bonds. The number of carbonyl (C=O) groups excluding carboxylic acids is 3. The van der Waals surface area contributed by atoms with Crippen LogP contribution < -0.4 is 27.0 Å². The summed E-state index contributed by atoms with van der Waals surface area (Å²) in [6.45, 7) is 3.30. The van der Waals surface area contributed by atoms with E-state index in [1.165, 1.54) is 0 Å². The highest BCUT2D eigenvalue weighted by atomic mass is 16.2. The van der Waals surface area contributed by atoms with Gasteiger partial charge in [-0.2, -0.15) is 0 Å². The number of aryl methyl sites for hydroxylation is 1. The van der Waals surface area contributed by atoms with Crippen molar-refractivity contribution in [2.45, 2.75) is 32.2 Å². The fourth-order valence-corrected chi connectivity index (χ4v) is 4.03. The summed E-state index contributed by atoms with van der Waals surface area (Å²) in [6.07, 6.45) is 1.43. The lowest BCUT2D eigenvalue weighted by Gasteiger charge is -2.33. The van der Waals surface area contributed by atoms with E-state index in [9.17, 15) is 14.4 Å². The van der Waals surface area contributed by atoms with Gasteiger partial charge in [0.2, 0.25) is 11.8 Å². The van der Waals surface area contributed by atoms with Crippen molar-refractivity contribution >= 4 is 29.2 Å². The number of nitrogens with zero attached hydrogens (tertiary/aromatic N) is 1. The maximum absolute atomic E-state index is 12.9. The van der Waals surface area contributed by atoms with Gasteiger partial charge in [0.05, 0.1) is 23.8 Å². The number of amides is 4. The van der Waals surface area contributed by atoms with Crippen LogP contribution in [0.1, 0.15) is 36.4 Å². The van der Waals surface area contributed by atoms with E-state index in [0.29, 0.717) is 31.6 Å². The van der Waals surface area contributed by atoms with E-state index in [1.807, 2.05) is 55.5 Å². The van der Waals surface area contributed by atoms with Crippen molar-refractivity contribution < 1.29 is 14.4 Å². The van der Waals surface area contributed by atoms with E-state index >= 15 is 0 Å². The Morgan fingerprint density at radius 2 is 1.68 bits per heavy atom. The highest BCUT2D eigenvalue weighted by Gasteiger charge is 2.25. The topological polar surface area (TPSA) is 131 Å². The molecule has 2 aromatic carbocycles. The Kier molecular flexibility index (Phi) is 7.12. The van der Waals surface area contributed by atoms with E-state index in [1.54, 1.807) is 0 Å². The molecule has 31 heavy (non-hydrogen) atoms. The van der Waals surface area contributed by atoms with Gasteiger partial charge in [0.15, 0.2) is 0 Å². The number of nitrogens with one attached hydrogen (secondary N) is 2. The molecule has 0 spiro atoms. The number of hydrogen-bond donors (Lipinski definition) is 4. The van der Waals surface area contributed by atoms with Crippen molar-refractivity contribution in [1.29, 1.82) is 0 Å². The smallest absolute Gasteiger partial charge is 0.312 e. The van der Waals surface area contributed by atoms with Gasteiger partial charge in [-0.15, -0.1) is 0 Å². The molecular weight excluding hydrogens is 394 g/mol. The molecule has 8 heteroatoms. The lowest BCUT2D eigenvalue weighted by atomic mass is 9.95. The average Bonchev–Trinajstić information content (AvgIpc) is 2.74. The normalized spacial score (nSPS) is 15.2. The Hall–Kier alpha value is -3.55. The minimum atomic E-state index is -0.682. The van der Waals surface area contributed by atoms with E-state index in [4.69, 9.17) is 11.5 Å². The van der Waals surface area contributed by atoms with E-state index < -0.39 is 12.1 Å². The summed E-state index contributed by atoms with van der Waals surface area (Å²) in [5, 5.41) is 5.64. The fraction of sp³-hybridized carbons (Fsp3) is 0.348. The monoisotopic (exact) mass is 423 g/mol. The highest BCUT2D eigenvalue weighted by Crippen LogP contribution is 2.30. The van der Waals surface area contributed by atoms with E-state index in [2.05, 4.69) is 15.5 Å². The van der Waals surface area contributed by atoms with Crippen LogP contribution in [-0.4, -0.2) is 30.9 Å². The zero-order valence-electron chi connectivity index (χ0n) is 17.6. The van der Waals surface area contributed by atoms with Gasteiger partial charge >= 0.3 is 6.03 Å². The van der Waals surface area contributed by atoms with Crippen LogP contribution >= 0.6 is 0 Å². The molecule has 2 aromatic rings. The van der Waals surface area contributed by atoms with Gasteiger partial charge < -0.3 is 27.0 Å². The predicted molar refractivity (Wildman–Crippen MR) is 120 cm³/mol. The number of carbonyl (C=O) groups is 3. The SMILES string of the molecule is Cc1ccccc1C(CC(=O)Nc1ccccc1N1CCC(C(N)=O)CC1)NC(N)=O. The number of rotatable bonds is 7. The molecule has 1 fully saturated rings. The number of nitrogens with two attached hydrogens (primary N) is 2. The van der Waals surface area contributed by atoms with Crippen LogP contribution in [-0.2, 0) is 9.59 Å². The average molecular weight is 424 g/mol. The Labute approximate surface area is 182 Å². The molecule has 1 heterocycles. The molecule has 1 aliphatic rings. The van der Waals surface area contributed by atoms with Crippen LogP contribution in [0.2, 0.25) is 0 Å². The zero-order chi connectivity index (χ0) is 22.4. The Morgan fingerprint density at radius 3 is 2.32 bits per heavy atom. The molecule has 1 aliphatic heterocycles. The van der Waals surface area contributed by atoms with Gasteiger partial charge in [-0.25, -0.2) is 4.79 Å². The molecule has 8 nitrogen and oxygen atoms in total. The van der Waals surface area contributed by atoms with E-state index in [-0.39, 0.29) is 24.2 Å². The van der Waals surface area contributed by atoms with Gasteiger partial charge in [0.1, 0.15) is 0 Å². The van der Waals surface area contributed by atoms with Crippen molar-refractivity contribution in [1.82, 2.24) is 5.32 Å². The quantitative estimate of drug-likeness (QED) is 0.545. The molecule has 1 atom stereocenters. The third-order valence-corrected chi connectivity index (χ3v) is 5.69. The van der Waals surface area contributed by atoms with Crippen molar-refractivity contribution in [2.75, 3.05) is 23.3 Å². The summed E-state index contributed by atoms with van der Waals surface area (Å²) >= 11 is 0. The number of para-hydroxylation sites is 2. The molecule has 164 valence electrons. The van der Waals surface area contributed by atoms with Gasteiger partial charge in [0.25, 0.3) is 0 Å². The second kappa shape index (κ2) is 9.97. The van der Waals surface area contributed by atoms with Crippen LogP contribution in [0.5, 0.6) is 0 Å². The number of benzene rings is 2. The van der Waals surface area contributed by atoms with Crippen molar-refractivity contribution in [2.24, 2.45) is 17.4 Å². The maximum atomic E-state index is 12.9. The van der Waals surface area contributed by atoms with E-state index in [0.717, 1.165) is 16.8 Å². The molecular formula is C23H29N5O3. The fourth-order valence-electron chi connectivity index (χ4n) is 4.03. The van der Waals surface area contributed by atoms with Crippen molar-refractivity contribution in [3.05, 3.63) is 59.7 Å². The first-order valence-corrected chi connectivity index (χ1v) is 10.4. The lowest BCUT2D eigenvalue weighted by molar-refractivity contribution is -0.122. The van der Waals surface area contributed by atoms with Crippen LogP contribution in [0.15, 0.2) is 48.5 Å². The summed E-state index contributed by atoms with van der Waals surface area (Å²) in [7, 11) is 0. The number of piperidine rings is 1. The lowest BCUT2D eigenvalue weighted by Crippen LogP contribution is -2.39. The minimum absolute atomic E-state index is 0.0475. The molecule has 1 unspecified atom stereocenters. The molecule has 6 N–H and O–H groups in total. The largest absolute Gasteiger partial charge is 0.370 e. The molecule has 0 saturated carbocycles. The van der Waals surface area contributed by atoms with Crippen LogP contribution in [0.3, 0.4) is 0 Å². The summed E-state index contributed by atoms with van der Waals surface area (Å²) in [5.74, 6) is -0.598. The molecule has 3 rings (SSSR count). The summed E-state index contributed by atoms with van der Waals surface area (Å²) < 4.78 is 0. The van der Waals surface area contributed by atoms with Crippen molar-refractivity contribution in [3.63, 3.8) is 0 Å². The zero-order valence-corrected chi connectivity index (χ0v) is 17.6. The maximum Gasteiger partial charge on any atom is 0.312 e. The molecule has 0 bridgehead atoms. The first-order chi connectivity index (χ1) is 14.8. The van der Waals surface area contributed by atoms with Crippen LogP contribution in [0.25, 0.3) is 0 Å². The number of hydrogen-bond acceptors (Lipinski definition) is 4. The number of anilines is 2. The highest BCUT2D eigenvalue weighted by molar-refractivity contribution is 5.95. The third kappa shape index (κ3) is 5.75. The molecule has 0 radical (unpaired) electrons. The van der Waals surface area contributed by atoms with Gasteiger partial charge in [0, 0.05) is 19.0 Å². The second-order valence-corrected chi connectivity index (χ2v) is 7.85. The minimum Gasteiger partial charge on any atom is -0.370 e. The summed E-state index contributed by atoms with van der Waals surface area (Å²) in [6, 6.07) is 13.9. The summed E-state index contributed by atoms with van der Waals surface area (Å²) in [5.41, 5.74) is 14.2. The van der Waals surface area contributed by atoms with Crippen molar-refractivity contribution in [3.8, 4) is 0 Å². The molecule has 1 saturated heterocycles. The van der Waals surface area contributed by atoms with Crippen LogP contribution in [0.4, 0.5) is 16.2 Å². The Bertz CT molecular complexity index is 954. The standard InChI is InChI=1S/C23H29N5O3/c1-15-6-2-3-7-17(15)19(27-23(25)31)14-21(29)26-18-8-4-5-9-20(18)28-12-10-16(11-13-28)22(24)30/h2-9,16,19H,10-14H2,1H3,(H2,24,30)(H,26,29)(H3,25,27,31). The van der Waals surface area contributed by atoms with Gasteiger partial charge in [-0.3, -0.25) is 9.59 Å². The summed E-state index contributed by atoms with van der Waals surface area (Å²) in [4.78, 5) is 38.0. The second-order valence-electron chi connectivity index (χ2n) is 7.85. The first kappa shape index (κ1) is 22.1. The van der Waals surface area contributed by atoms with Gasteiger partial charge in [-0.1, -0.05) is 36.4 Å². The number of urea groups is 1.